The third kappa shape index (κ3) is 5.52. The van der Waals surface area contributed by atoms with Crippen molar-refractivity contribution in [2.45, 2.75) is 17.1 Å². The monoisotopic (exact) mass is 416 g/mol. The number of hydrogen-bond donors (Lipinski definition) is 0. The van der Waals surface area contributed by atoms with Gasteiger partial charge in [-0.15, -0.1) is 11.8 Å². The minimum Gasteiger partial charge on any atom is -0.492 e. The van der Waals surface area contributed by atoms with Crippen LogP contribution < -0.4 is 4.74 Å². The molecule has 0 aliphatic heterocycles. The molecule has 0 radical (unpaired) electrons. The molecule has 0 atom stereocenters. The molecule has 0 N–H and O–H groups in total. The summed E-state index contributed by atoms with van der Waals surface area (Å²) in [5.41, 5.74) is 2.76. The Labute approximate surface area is 173 Å². The van der Waals surface area contributed by atoms with E-state index in [9.17, 15) is 4.79 Å². The number of benzene rings is 3. The van der Waals surface area contributed by atoms with Gasteiger partial charge in [-0.1, -0.05) is 65.7 Å². The molecule has 0 aromatic heterocycles. The third-order valence-corrected chi connectivity index (χ3v) is 6.05. The van der Waals surface area contributed by atoms with Gasteiger partial charge in [0.25, 0.3) is 0 Å². The third-order valence-electron chi connectivity index (χ3n) is 3.99. The summed E-state index contributed by atoms with van der Waals surface area (Å²) in [6.45, 7) is 0.522. The molecule has 0 unspecified atom stereocenters. The van der Waals surface area contributed by atoms with Crippen molar-refractivity contribution in [1.82, 2.24) is 0 Å². The zero-order valence-electron chi connectivity index (χ0n) is 14.5. The van der Waals surface area contributed by atoms with E-state index < -0.39 is 0 Å². The van der Waals surface area contributed by atoms with Gasteiger partial charge in [0, 0.05) is 17.1 Å². The summed E-state index contributed by atoms with van der Waals surface area (Å²) in [6.07, 6.45) is 1.62. The molecular formula is C22H18Cl2O2S. The van der Waals surface area contributed by atoms with Crippen molar-refractivity contribution >= 4 is 41.2 Å². The van der Waals surface area contributed by atoms with Crippen molar-refractivity contribution in [3.8, 4) is 5.75 Å². The highest BCUT2D eigenvalue weighted by molar-refractivity contribution is 7.98. The largest absolute Gasteiger partial charge is 0.492 e. The number of aldehydes is 1. The van der Waals surface area contributed by atoms with Gasteiger partial charge in [-0.25, -0.2) is 0 Å². The van der Waals surface area contributed by atoms with Crippen LogP contribution in [0.5, 0.6) is 5.75 Å². The van der Waals surface area contributed by atoms with E-state index in [0.717, 1.165) is 23.2 Å². The molecule has 0 bridgehead atoms. The first kappa shape index (κ1) is 19.8. The van der Waals surface area contributed by atoms with Crippen LogP contribution in [0, 0.1) is 0 Å². The van der Waals surface area contributed by atoms with Gasteiger partial charge in [-0.05, 0) is 35.4 Å². The van der Waals surface area contributed by atoms with Crippen LogP contribution in [0.2, 0.25) is 10.0 Å². The molecule has 0 heterocycles. The summed E-state index contributed by atoms with van der Waals surface area (Å²) in [4.78, 5) is 12.3. The fraction of sp³-hybridized carbons (Fsp3) is 0.136. The van der Waals surface area contributed by atoms with Gasteiger partial charge in [0.1, 0.15) is 5.75 Å². The highest BCUT2D eigenvalue weighted by Gasteiger charge is 2.09. The minimum absolute atomic E-state index is 0.522. The first-order valence-corrected chi connectivity index (χ1v) is 10.2. The van der Waals surface area contributed by atoms with Crippen LogP contribution in [0.3, 0.4) is 0 Å². The van der Waals surface area contributed by atoms with Gasteiger partial charge in [0.2, 0.25) is 0 Å². The van der Waals surface area contributed by atoms with E-state index in [-0.39, 0.29) is 0 Å². The Morgan fingerprint density at radius 1 is 0.889 bits per heavy atom. The molecule has 2 nitrogen and oxygen atoms in total. The van der Waals surface area contributed by atoms with Crippen LogP contribution in [0.25, 0.3) is 0 Å². The predicted molar refractivity (Wildman–Crippen MR) is 113 cm³/mol. The van der Waals surface area contributed by atoms with Crippen LogP contribution >= 0.6 is 35.0 Å². The summed E-state index contributed by atoms with van der Waals surface area (Å²) in [7, 11) is 0. The van der Waals surface area contributed by atoms with E-state index in [1.807, 2.05) is 54.6 Å². The number of hydrogen-bond acceptors (Lipinski definition) is 3. The van der Waals surface area contributed by atoms with Gasteiger partial charge >= 0.3 is 0 Å². The quantitative estimate of drug-likeness (QED) is 0.301. The summed E-state index contributed by atoms with van der Waals surface area (Å²) in [5.74, 6) is 1.26. The summed E-state index contributed by atoms with van der Waals surface area (Å²) < 4.78 is 5.81. The van der Waals surface area contributed by atoms with E-state index in [0.29, 0.717) is 33.7 Å². The fourth-order valence-corrected chi connectivity index (χ4v) is 4.24. The van der Waals surface area contributed by atoms with Crippen LogP contribution in [-0.4, -0.2) is 12.9 Å². The summed E-state index contributed by atoms with van der Waals surface area (Å²) in [5, 5.41) is 1.26. The molecule has 0 saturated heterocycles. The molecule has 0 aliphatic carbocycles. The Bertz CT molecular complexity index is 893. The Hall–Kier alpha value is -1.94. The van der Waals surface area contributed by atoms with Crippen LogP contribution in [0.15, 0.2) is 71.6 Å². The topological polar surface area (TPSA) is 26.3 Å². The molecule has 5 heteroatoms. The number of carbonyl (C=O) groups is 1. The van der Waals surface area contributed by atoms with Crippen LogP contribution in [0.4, 0.5) is 0 Å². The zero-order chi connectivity index (χ0) is 19.1. The molecule has 3 rings (SSSR count). The van der Waals surface area contributed by atoms with Crippen molar-refractivity contribution in [2.75, 3.05) is 6.61 Å². The van der Waals surface area contributed by atoms with E-state index in [1.54, 1.807) is 11.8 Å². The lowest BCUT2D eigenvalue weighted by atomic mass is 10.1. The minimum atomic E-state index is 0.522. The molecule has 138 valence electrons. The molecular weight excluding hydrogens is 399 g/mol. The molecule has 27 heavy (non-hydrogen) atoms. The smallest absolute Gasteiger partial charge is 0.153 e. The highest BCUT2D eigenvalue weighted by Crippen LogP contribution is 2.36. The molecule has 3 aromatic rings. The number of thioether (sulfide) groups is 1. The molecule has 0 saturated carbocycles. The number of halogens is 2. The van der Waals surface area contributed by atoms with Gasteiger partial charge in [0.15, 0.2) is 6.29 Å². The lowest BCUT2D eigenvalue weighted by Crippen LogP contribution is -2.03. The van der Waals surface area contributed by atoms with Gasteiger partial charge in [-0.3, -0.25) is 4.79 Å². The Balaban J connectivity index is 1.62. The SMILES string of the molecule is O=Cc1cc(CSc2c(Cl)cccc2Cl)ccc1OCCc1ccccc1. The average molecular weight is 417 g/mol. The maximum absolute atomic E-state index is 11.5. The molecule has 0 spiro atoms. The van der Waals surface area contributed by atoms with E-state index in [1.165, 1.54) is 5.56 Å². The van der Waals surface area contributed by atoms with Gasteiger partial charge < -0.3 is 4.74 Å². The predicted octanol–water partition coefficient (Wildman–Crippen LogP) is 6.72. The average Bonchev–Trinajstić information content (AvgIpc) is 2.69. The second-order valence-electron chi connectivity index (χ2n) is 5.91. The van der Waals surface area contributed by atoms with Crippen LogP contribution in [-0.2, 0) is 12.2 Å². The number of carbonyl (C=O) groups excluding carboxylic acids is 1. The second-order valence-corrected chi connectivity index (χ2v) is 7.71. The lowest BCUT2D eigenvalue weighted by molar-refractivity contribution is 0.111. The van der Waals surface area contributed by atoms with Crippen molar-refractivity contribution in [1.29, 1.82) is 0 Å². The summed E-state index contributed by atoms with van der Waals surface area (Å²) in [6, 6.07) is 21.2. The molecule has 0 fully saturated rings. The van der Waals surface area contributed by atoms with Crippen molar-refractivity contribution in [2.24, 2.45) is 0 Å². The number of ether oxygens (including phenoxy) is 1. The van der Waals surface area contributed by atoms with E-state index in [2.05, 4.69) is 12.1 Å². The zero-order valence-corrected chi connectivity index (χ0v) is 16.9. The van der Waals surface area contributed by atoms with E-state index >= 15 is 0 Å². The maximum atomic E-state index is 11.5. The molecule has 0 amide bonds. The Morgan fingerprint density at radius 2 is 1.63 bits per heavy atom. The first-order valence-electron chi connectivity index (χ1n) is 8.49. The fourth-order valence-electron chi connectivity index (χ4n) is 2.61. The molecule has 3 aromatic carbocycles. The second kappa shape index (κ2) is 9.84. The Morgan fingerprint density at radius 3 is 2.33 bits per heavy atom. The van der Waals surface area contributed by atoms with Crippen molar-refractivity contribution in [3.63, 3.8) is 0 Å². The first-order chi connectivity index (χ1) is 13.2. The molecule has 0 aliphatic rings. The lowest BCUT2D eigenvalue weighted by Gasteiger charge is -2.11. The van der Waals surface area contributed by atoms with Crippen molar-refractivity contribution < 1.29 is 9.53 Å². The number of rotatable bonds is 8. The summed E-state index contributed by atoms with van der Waals surface area (Å²) >= 11 is 14.0. The Kier molecular flexibility index (Phi) is 7.22. The van der Waals surface area contributed by atoms with Gasteiger partial charge in [-0.2, -0.15) is 0 Å². The van der Waals surface area contributed by atoms with Gasteiger partial charge in [0.05, 0.1) is 22.2 Å². The maximum Gasteiger partial charge on any atom is 0.153 e. The van der Waals surface area contributed by atoms with Crippen molar-refractivity contribution in [3.05, 3.63) is 93.5 Å². The van der Waals surface area contributed by atoms with E-state index in [4.69, 9.17) is 27.9 Å². The van der Waals surface area contributed by atoms with Crippen LogP contribution in [0.1, 0.15) is 21.5 Å². The normalized spacial score (nSPS) is 10.6. The standard InChI is InChI=1S/C22H18Cl2O2S/c23-19-7-4-8-20(24)22(19)27-15-17-9-10-21(18(13-17)14-25)26-12-11-16-5-2-1-3-6-16/h1-10,13-14H,11-12,15H2. The highest BCUT2D eigenvalue weighted by atomic mass is 35.5.